The number of aromatic nitrogens is 1. The molecular weight excluding hydrogens is 380 g/mol. The molecule has 29 heavy (non-hydrogen) atoms. The Morgan fingerprint density at radius 1 is 1.10 bits per heavy atom. The van der Waals surface area contributed by atoms with E-state index in [-0.39, 0.29) is 5.78 Å². The molecule has 0 fully saturated rings. The van der Waals surface area contributed by atoms with Crippen LogP contribution in [0.1, 0.15) is 40.5 Å². The number of Topliss-reactive ketones (excluding diaryl/α,β-unsaturated/α-hetero) is 1. The van der Waals surface area contributed by atoms with Gasteiger partial charge in [-0.3, -0.25) is 4.79 Å². The Balaban J connectivity index is 1.64. The number of carbonyl (C=O) groups excluding carboxylic acids is 1. The van der Waals surface area contributed by atoms with E-state index in [1.165, 1.54) is 0 Å². The van der Waals surface area contributed by atoms with E-state index in [1.807, 2.05) is 37.3 Å². The van der Waals surface area contributed by atoms with Crippen LogP contribution in [0.2, 0.25) is 0 Å². The summed E-state index contributed by atoms with van der Waals surface area (Å²) in [5.74, 6) is 0.642. The number of carbonyl (C=O) groups is 1. The van der Waals surface area contributed by atoms with E-state index >= 15 is 0 Å². The molecule has 1 atom stereocenters. The van der Waals surface area contributed by atoms with E-state index in [1.54, 1.807) is 11.9 Å². The van der Waals surface area contributed by atoms with Crippen LogP contribution in [0, 0.1) is 0 Å². The number of aromatic amines is 1. The summed E-state index contributed by atoms with van der Waals surface area (Å²) in [4.78, 5) is 17.2. The third-order valence-corrected chi connectivity index (χ3v) is 6.41. The lowest BCUT2D eigenvalue weighted by Crippen LogP contribution is -2.44. The second kappa shape index (κ2) is 7.61. The fourth-order valence-corrected chi connectivity index (χ4v) is 4.88. The van der Waals surface area contributed by atoms with Gasteiger partial charge in [-0.05, 0) is 42.6 Å². The lowest BCUT2D eigenvalue weighted by molar-refractivity contribution is 0.0941. The first-order valence-electron chi connectivity index (χ1n) is 9.70. The summed E-state index contributed by atoms with van der Waals surface area (Å²) in [5, 5.41) is 0. The van der Waals surface area contributed by atoms with Crippen molar-refractivity contribution in [2.45, 2.75) is 36.6 Å². The first-order valence-corrected chi connectivity index (χ1v) is 10.5. The second-order valence-corrected chi connectivity index (χ2v) is 9.18. The smallest absolute Gasteiger partial charge is 0.166 e. The van der Waals surface area contributed by atoms with Gasteiger partial charge in [-0.2, -0.15) is 0 Å². The molecule has 0 aliphatic heterocycles. The highest BCUT2D eigenvalue weighted by Crippen LogP contribution is 2.36. The quantitative estimate of drug-likeness (QED) is 0.553. The van der Waals surface area contributed by atoms with Crippen molar-refractivity contribution in [1.29, 1.82) is 0 Å². The largest absolute Gasteiger partial charge is 0.385 e. The van der Waals surface area contributed by atoms with Gasteiger partial charge in [0, 0.05) is 59.3 Å². The molecule has 0 radical (unpaired) electrons. The van der Waals surface area contributed by atoms with Crippen molar-refractivity contribution in [1.82, 2.24) is 4.98 Å². The number of nitrogen functional groups attached to an aromatic ring is 1. The average molecular weight is 407 g/mol. The van der Waals surface area contributed by atoms with Crippen LogP contribution >= 0.6 is 11.9 Å². The molecule has 0 amide bonds. The number of H-pyrrole nitrogens is 1. The summed E-state index contributed by atoms with van der Waals surface area (Å²) in [6.45, 7) is 1.91. The topological polar surface area (TPSA) is 88.1 Å². The van der Waals surface area contributed by atoms with Gasteiger partial charge < -0.3 is 20.8 Å². The van der Waals surface area contributed by atoms with Gasteiger partial charge in [0.2, 0.25) is 0 Å². The maximum absolute atomic E-state index is 12.8. The Hall–Kier alpha value is -2.70. The zero-order chi connectivity index (χ0) is 20.6. The summed E-state index contributed by atoms with van der Waals surface area (Å²) in [6.07, 6.45) is 1.58. The Bertz CT molecular complexity index is 1040. The van der Waals surface area contributed by atoms with Gasteiger partial charge >= 0.3 is 0 Å². The third kappa shape index (κ3) is 4.04. The van der Waals surface area contributed by atoms with E-state index in [2.05, 4.69) is 40.6 Å². The van der Waals surface area contributed by atoms with Crippen LogP contribution in [-0.2, 0) is 12.8 Å². The molecule has 1 heterocycles. The normalized spacial score (nSPS) is 18.5. The average Bonchev–Trinajstić information content (AvgIpc) is 2.98. The number of hydrogen-bond donors (Lipinski definition) is 3. The fourth-order valence-electron chi connectivity index (χ4n) is 3.96. The van der Waals surface area contributed by atoms with Crippen LogP contribution in [-0.4, -0.2) is 23.4 Å². The molecule has 5 nitrogen and oxygen atoms in total. The van der Waals surface area contributed by atoms with Gasteiger partial charge in [0.25, 0.3) is 0 Å². The fraction of sp³-hybridized carbons (Fsp3) is 0.261. The zero-order valence-corrected chi connectivity index (χ0v) is 17.6. The summed E-state index contributed by atoms with van der Waals surface area (Å²) < 4.78 is 2.14. The van der Waals surface area contributed by atoms with Crippen molar-refractivity contribution in [3.63, 3.8) is 0 Å². The summed E-state index contributed by atoms with van der Waals surface area (Å²) in [6, 6.07) is 18.5. The van der Waals surface area contributed by atoms with Crippen LogP contribution in [0.25, 0.3) is 0 Å². The maximum Gasteiger partial charge on any atom is 0.166 e. The number of benzene rings is 2. The molecule has 2 aromatic carbocycles. The van der Waals surface area contributed by atoms with Crippen molar-refractivity contribution in [2.75, 3.05) is 17.1 Å². The van der Waals surface area contributed by atoms with Crippen LogP contribution in [0.4, 0.5) is 11.5 Å². The molecular formula is C23H26N4OS. The highest BCUT2D eigenvalue weighted by atomic mass is 32.2. The number of hydrogen-bond acceptors (Lipinski definition) is 5. The van der Waals surface area contributed by atoms with Gasteiger partial charge in [0.15, 0.2) is 5.78 Å². The van der Waals surface area contributed by atoms with Gasteiger partial charge in [-0.25, -0.2) is 0 Å². The number of nitrogens with two attached hydrogens (primary N) is 2. The van der Waals surface area contributed by atoms with Gasteiger partial charge in [-0.15, -0.1) is 0 Å². The summed E-state index contributed by atoms with van der Waals surface area (Å²) in [7, 11) is 2.05. The molecule has 0 spiro atoms. The van der Waals surface area contributed by atoms with Crippen molar-refractivity contribution >= 4 is 29.2 Å². The predicted molar refractivity (Wildman–Crippen MR) is 120 cm³/mol. The third-order valence-electron chi connectivity index (χ3n) is 5.33. The molecule has 0 saturated heterocycles. The van der Waals surface area contributed by atoms with Gasteiger partial charge in [0.1, 0.15) is 5.82 Å². The van der Waals surface area contributed by atoms with E-state index in [9.17, 15) is 4.79 Å². The van der Waals surface area contributed by atoms with Crippen molar-refractivity contribution in [2.24, 2.45) is 5.73 Å². The minimum absolute atomic E-state index is 0.0748. The Morgan fingerprint density at radius 2 is 1.79 bits per heavy atom. The number of ketones is 1. The molecule has 150 valence electrons. The molecule has 5 N–H and O–H groups in total. The minimum atomic E-state index is -0.523. The lowest BCUT2D eigenvalue weighted by atomic mass is 9.80. The van der Waals surface area contributed by atoms with Gasteiger partial charge in [0.05, 0.1) is 0 Å². The number of anilines is 2. The van der Waals surface area contributed by atoms with Crippen molar-refractivity contribution in [3.8, 4) is 0 Å². The molecule has 4 rings (SSSR count). The molecule has 0 bridgehead atoms. The predicted octanol–water partition coefficient (Wildman–Crippen LogP) is 4.18. The highest BCUT2D eigenvalue weighted by molar-refractivity contribution is 8.00. The minimum Gasteiger partial charge on any atom is -0.385 e. The number of fused-ring (bicyclic) bond motifs is 1. The number of rotatable bonds is 5. The number of nitrogens with zero attached hydrogens (tertiary/aromatic N) is 1. The van der Waals surface area contributed by atoms with Crippen molar-refractivity contribution < 1.29 is 4.79 Å². The van der Waals surface area contributed by atoms with E-state index in [0.29, 0.717) is 25.1 Å². The maximum atomic E-state index is 12.8. The number of para-hydroxylation sites is 1. The molecule has 1 unspecified atom stereocenters. The summed E-state index contributed by atoms with van der Waals surface area (Å²) >= 11 is 1.67. The van der Waals surface area contributed by atoms with E-state index in [4.69, 9.17) is 11.5 Å². The van der Waals surface area contributed by atoms with Gasteiger partial charge in [-0.1, -0.05) is 36.4 Å². The standard InChI is InChI=1S/C23H26N4OS/c1-23(25)13-18-21(19(28)14-23)17(22(24)26-18)12-15-8-6-7-11-20(15)29-27(2)16-9-4-3-5-10-16/h3-11,26H,12-14,24-25H2,1-2H3. The van der Waals surface area contributed by atoms with Crippen LogP contribution in [0.5, 0.6) is 0 Å². The first-order chi connectivity index (χ1) is 13.8. The summed E-state index contributed by atoms with van der Waals surface area (Å²) in [5.41, 5.74) is 16.8. The Morgan fingerprint density at radius 3 is 2.55 bits per heavy atom. The van der Waals surface area contributed by atoms with Crippen LogP contribution in [0.15, 0.2) is 59.5 Å². The SMILES string of the molecule is CN(Sc1ccccc1Cc1c(N)[nH]c2c1C(=O)CC(C)(N)C2)c1ccccc1. The molecule has 1 aliphatic rings. The second-order valence-electron chi connectivity index (χ2n) is 8.01. The first kappa shape index (κ1) is 19.6. The number of nitrogens with one attached hydrogen (secondary N) is 1. The van der Waals surface area contributed by atoms with E-state index in [0.717, 1.165) is 33.0 Å². The molecule has 6 heteroatoms. The van der Waals surface area contributed by atoms with E-state index < -0.39 is 5.54 Å². The lowest BCUT2D eigenvalue weighted by Gasteiger charge is -2.28. The monoisotopic (exact) mass is 406 g/mol. The molecule has 1 aliphatic carbocycles. The Kier molecular flexibility index (Phi) is 5.15. The van der Waals surface area contributed by atoms with Crippen LogP contribution in [0.3, 0.4) is 0 Å². The highest BCUT2D eigenvalue weighted by Gasteiger charge is 2.35. The molecule has 3 aromatic rings. The zero-order valence-electron chi connectivity index (χ0n) is 16.7. The van der Waals surface area contributed by atoms with Crippen molar-refractivity contribution in [3.05, 3.63) is 77.0 Å². The molecule has 0 saturated carbocycles. The Labute approximate surface area is 175 Å². The molecule has 1 aromatic heterocycles. The van der Waals surface area contributed by atoms with Crippen LogP contribution < -0.4 is 15.8 Å².